The minimum atomic E-state index is -0.297. The van der Waals surface area contributed by atoms with Crippen LogP contribution in [0.5, 0.6) is 0 Å². The fourth-order valence-electron chi connectivity index (χ4n) is 1.60. The SMILES string of the molecule is C=CCCCCCC(O)C(CC)OC. The first-order chi connectivity index (χ1) is 6.76. The lowest BCUT2D eigenvalue weighted by atomic mass is 10.0. The van der Waals surface area contributed by atoms with Crippen molar-refractivity contribution in [3.8, 4) is 0 Å². The van der Waals surface area contributed by atoms with E-state index in [0.29, 0.717) is 0 Å². The summed E-state index contributed by atoms with van der Waals surface area (Å²) in [6.07, 6.45) is 7.90. The quantitative estimate of drug-likeness (QED) is 0.458. The smallest absolute Gasteiger partial charge is 0.0827 e. The van der Waals surface area contributed by atoms with Crippen molar-refractivity contribution < 1.29 is 9.84 Å². The van der Waals surface area contributed by atoms with Crippen LogP contribution in [0.2, 0.25) is 0 Å². The van der Waals surface area contributed by atoms with Crippen LogP contribution in [0.4, 0.5) is 0 Å². The molecule has 0 saturated heterocycles. The molecule has 0 amide bonds. The number of unbranched alkanes of at least 4 members (excludes halogenated alkanes) is 3. The predicted molar refractivity (Wildman–Crippen MR) is 60.4 cm³/mol. The summed E-state index contributed by atoms with van der Waals surface area (Å²) in [7, 11) is 1.66. The number of hydrogen-bond donors (Lipinski definition) is 1. The molecule has 0 aromatic heterocycles. The van der Waals surface area contributed by atoms with Gasteiger partial charge in [-0.15, -0.1) is 6.58 Å². The molecule has 0 aromatic rings. The van der Waals surface area contributed by atoms with Crippen LogP contribution in [0.15, 0.2) is 12.7 Å². The van der Waals surface area contributed by atoms with E-state index >= 15 is 0 Å². The number of aliphatic hydroxyl groups is 1. The van der Waals surface area contributed by atoms with Gasteiger partial charge in [-0.3, -0.25) is 0 Å². The maximum atomic E-state index is 9.72. The van der Waals surface area contributed by atoms with Crippen molar-refractivity contribution in [2.24, 2.45) is 0 Å². The highest BCUT2D eigenvalue weighted by atomic mass is 16.5. The first-order valence-electron chi connectivity index (χ1n) is 5.58. The Morgan fingerprint density at radius 1 is 1.36 bits per heavy atom. The van der Waals surface area contributed by atoms with Gasteiger partial charge in [-0.2, -0.15) is 0 Å². The first kappa shape index (κ1) is 13.7. The van der Waals surface area contributed by atoms with Crippen LogP contribution in [0.25, 0.3) is 0 Å². The third kappa shape index (κ3) is 6.17. The second-order valence-corrected chi connectivity index (χ2v) is 3.68. The second-order valence-electron chi connectivity index (χ2n) is 3.68. The van der Waals surface area contributed by atoms with Crippen molar-refractivity contribution in [1.82, 2.24) is 0 Å². The van der Waals surface area contributed by atoms with Gasteiger partial charge in [0.1, 0.15) is 0 Å². The third-order valence-electron chi connectivity index (χ3n) is 2.54. The van der Waals surface area contributed by atoms with Crippen molar-refractivity contribution in [2.45, 2.75) is 57.7 Å². The molecule has 84 valence electrons. The monoisotopic (exact) mass is 200 g/mol. The molecule has 2 nitrogen and oxygen atoms in total. The molecule has 0 aliphatic carbocycles. The third-order valence-corrected chi connectivity index (χ3v) is 2.54. The highest BCUT2D eigenvalue weighted by Crippen LogP contribution is 2.12. The lowest BCUT2D eigenvalue weighted by Crippen LogP contribution is -2.27. The lowest BCUT2D eigenvalue weighted by Gasteiger charge is -2.19. The summed E-state index contributed by atoms with van der Waals surface area (Å²) in [6, 6.07) is 0. The Morgan fingerprint density at radius 3 is 2.57 bits per heavy atom. The van der Waals surface area contributed by atoms with Gasteiger partial charge in [0.15, 0.2) is 0 Å². The Labute approximate surface area is 88.0 Å². The van der Waals surface area contributed by atoms with E-state index < -0.39 is 0 Å². The summed E-state index contributed by atoms with van der Waals surface area (Å²) in [5.41, 5.74) is 0. The van der Waals surface area contributed by atoms with Crippen LogP contribution in [0, 0.1) is 0 Å². The summed E-state index contributed by atoms with van der Waals surface area (Å²) in [5.74, 6) is 0. The summed E-state index contributed by atoms with van der Waals surface area (Å²) in [5, 5.41) is 9.72. The highest BCUT2D eigenvalue weighted by molar-refractivity contribution is 4.69. The zero-order valence-electron chi connectivity index (χ0n) is 9.54. The van der Waals surface area contributed by atoms with Gasteiger partial charge in [-0.05, 0) is 25.7 Å². The standard InChI is InChI=1S/C12H24O2/c1-4-6-7-8-9-10-11(13)12(5-2)14-3/h4,11-13H,1,5-10H2,2-3H3. The van der Waals surface area contributed by atoms with Gasteiger partial charge in [0.05, 0.1) is 12.2 Å². The highest BCUT2D eigenvalue weighted by Gasteiger charge is 2.15. The van der Waals surface area contributed by atoms with E-state index in [-0.39, 0.29) is 12.2 Å². The van der Waals surface area contributed by atoms with E-state index in [1.165, 1.54) is 12.8 Å². The van der Waals surface area contributed by atoms with Crippen LogP contribution < -0.4 is 0 Å². The average Bonchev–Trinajstić information content (AvgIpc) is 2.19. The summed E-state index contributed by atoms with van der Waals surface area (Å²) < 4.78 is 5.17. The molecular formula is C12H24O2. The van der Waals surface area contributed by atoms with Crippen molar-refractivity contribution >= 4 is 0 Å². The number of rotatable bonds is 9. The first-order valence-corrected chi connectivity index (χ1v) is 5.58. The largest absolute Gasteiger partial charge is 0.390 e. The number of ether oxygens (including phenoxy) is 1. The Hall–Kier alpha value is -0.340. The molecule has 14 heavy (non-hydrogen) atoms. The van der Waals surface area contributed by atoms with E-state index in [4.69, 9.17) is 4.74 Å². The van der Waals surface area contributed by atoms with E-state index in [2.05, 4.69) is 6.58 Å². The van der Waals surface area contributed by atoms with Gasteiger partial charge in [0.25, 0.3) is 0 Å². The molecule has 0 spiro atoms. The minimum absolute atomic E-state index is 0.00871. The molecular weight excluding hydrogens is 176 g/mol. The van der Waals surface area contributed by atoms with Crippen LogP contribution in [-0.2, 0) is 4.74 Å². The van der Waals surface area contributed by atoms with Gasteiger partial charge in [-0.1, -0.05) is 25.8 Å². The predicted octanol–water partition coefficient (Wildman–Crippen LogP) is 2.91. The Balaban J connectivity index is 3.41. The average molecular weight is 200 g/mol. The number of aliphatic hydroxyl groups excluding tert-OH is 1. The number of allylic oxidation sites excluding steroid dienone is 1. The van der Waals surface area contributed by atoms with Crippen molar-refractivity contribution in [2.75, 3.05) is 7.11 Å². The molecule has 0 bridgehead atoms. The maximum Gasteiger partial charge on any atom is 0.0827 e. The van der Waals surface area contributed by atoms with Crippen LogP contribution in [0.1, 0.15) is 45.4 Å². The molecule has 0 aliphatic rings. The van der Waals surface area contributed by atoms with E-state index in [1.807, 2.05) is 13.0 Å². The minimum Gasteiger partial charge on any atom is -0.390 e. The molecule has 0 saturated carbocycles. The number of methoxy groups -OCH3 is 1. The molecule has 2 atom stereocenters. The molecule has 0 rings (SSSR count). The zero-order chi connectivity index (χ0) is 10.8. The van der Waals surface area contributed by atoms with Crippen molar-refractivity contribution in [3.05, 3.63) is 12.7 Å². The Bertz CT molecular complexity index is 130. The molecule has 0 aromatic carbocycles. The molecule has 0 fully saturated rings. The van der Waals surface area contributed by atoms with Crippen molar-refractivity contribution in [3.63, 3.8) is 0 Å². The van der Waals surface area contributed by atoms with Crippen molar-refractivity contribution in [1.29, 1.82) is 0 Å². The van der Waals surface area contributed by atoms with Crippen LogP contribution in [-0.4, -0.2) is 24.4 Å². The van der Waals surface area contributed by atoms with Gasteiger partial charge in [0.2, 0.25) is 0 Å². The van der Waals surface area contributed by atoms with E-state index in [1.54, 1.807) is 7.11 Å². The van der Waals surface area contributed by atoms with Gasteiger partial charge in [-0.25, -0.2) is 0 Å². The zero-order valence-corrected chi connectivity index (χ0v) is 9.54. The Kier molecular flexibility index (Phi) is 9.00. The van der Waals surface area contributed by atoms with Gasteiger partial charge >= 0.3 is 0 Å². The topological polar surface area (TPSA) is 29.5 Å². The summed E-state index contributed by atoms with van der Waals surface area (Å²) in [6.45, 7) is 5.72. The molecule has 1 N–H and O–H groups in total. The molecule has 2 heteroatoms. The Morgan fingerprint density at radius 2 is 2.07 bits per heavy atom. The van der Waals surface area contributed by atoms with E-state index in [0.717, 1.165) is 25.7 Å². The second kappa shape index (κ2) is 9.22. The van der Waals surface area contributed by atoms with Gasteiger partial charge in [0, 0.05) is 7.11 Å². The van der Waals surface area contributed by atoms with Crippen LogP contribution >= 0.6 is 0 Å². The normalized spacial score (nSPS) is 15.1. The molecule has 2 unspecified atom stereocenters. The molecule has 0 radical (unpaired) electrons. The van der Waals surface area contributed by atoms with Gasteiger partial charge < -0.3 is 9.84 Å². The summed E-state index contributed by atoms with van der Waals surface area (Å²) >= 11 is 0. The fraction of sp³-hybridized carbons (Fsp3) is 0.833. The summed E-state index contributed by atoms with van der Waals surface area (Å²) in [4.78, 5) is 0. The molecule has 0 heterocycles. The number of hydrogen-bond acceptors (Lipinski definition) is 2. The fourth-order valence-corrected chi connectivity index (χ4v) is 1.60. The maximum absolute atomic E-state index is 9.72. The van der Waals surface area contributed by atoms with E-state index in [9.17, 15) is 5.11 Å². The molecule has 0 aliphatic heterocycles. The van der Waals surface area contributed by atoms with Crippen LogP contribution in [0.3, 0.4) is 0 Å². The lowest BCUT2D eigenvalue weighted by molar-refractivity contribution is -0.0181.